The molecule has 1 aromatic carbocycles. The molecular formula is C9H6F4N2O2. The van der Waals surface area contributed by atoms with Crippen LogP contribution < -0.4 is 5.32 Å². The van der Waals surface area contributed by atoms with Crippen LogP contribution >= 0.6 is 0 Å². The first kappa shape index (κ1) is 12.9. The lowest BCUT2D eigenvalue weighted by Gasteiger charge is -2.09. The van der Waals surface area contributed by atoms with Crippen molar-refractivity contribution >= 4 is 17.8 Å². The molecule has 92 valence electrons. The van der Waals surface area contributed by atoms with Gasteiger partial charge in [-0.2, -0.15) is 13.2 Å². The maximum absolute atomic E-state index is 12.9. The normalized spacial score (nSPS) is 11.8. The Bertz CT molecular complexity index is 457. The molecule has 0 heterocycles. The number of amides is 1. The zero-order valence-corrected chi connectivity index (χ0v) is 8.12. The monoisotopic (exact) mass is 250 g/mol. The van der Waals surface area contributed by atoms with E-state index in [0.29, 0.717) is 18.3 Å². The summed E-state index contributed by atoms with van der Waals surface area (Å²) < 4.78 is 49.7. The number of rotatable bonds is 2. The Kier molecular flexibility index (Phi) is 3.66. The number of nitrogens with zero attached hydrogens (tertiary/aromatic N) is 1. The third-order valence-corrected chi connectivity index (χ3v) is 1.71. The second-order valence-electron chi connectivity index (χ2n) is 2.93. The zero-order valence-electron chi connectivity index (χ0n) is 8.12. The lowest BCUT2D eigenvalue weighted by molar-refractivity contribution is -0.140. The summed E-state index contributed by atoms with van der Waals surface area (Å²) in [7, 11) is 0. The van der Waals surface area contributed by atoms with Gasteiger partial charge in [-0.3, -0.25) is 4.79 Å². The van der Waals surface area contributed by atoms with E-state index in [-0.39, 0.29) is 5.69 Å². The highest BCUT2D eigenvalue weighted by atomic mass is 19.4. The van der Waals surface area contributed by atoms with Crippen molar-refractivity contribution in [1.82, 2.24) is 0 Å². The topological polar surface area (TPSA) is 61.7 Å². The minimum atomic E-state index is -4.85. The third-order valence-electron chi connectivity index (χ3n) is 1.71. The highest BCUT2D eigenvalue weighted by Crippen LogP contribution is 2.32. The van der Waals surface area contributed by atoms with Crippen molar-refractivity contribution in [3.8, 4) is 0 Å². The van der Waals surface area contributed by atoms with Crippen LogP contribution in [-0.2, 0) is 11.0 Å². The average molecular weight is 250 g/mol. The Balaban J connectivity index is 3.01. The second kappa shape index (κ2) is 4.81. The number of hydrogen-bond donors (Lipinski definition) is 2. The van der Waals surface area contributed by atoms with Crippen LogP contribution in [0.15, 0.2) is 23.4 Å². The van der Waals surface area contributed by atoms with Gasteiger partial charge in [0.15, 0.2) is 0 Å². The van der Waals surface area contributed by atoms with Gasteiger partial charge in [0.2, 0.25) is 0 Å². The van der Waals surface area contributed by atoms with Crippen LogP contribution in [0.2, 0.25) is 0 Å². The van der Waals surface area contributed by atoms with E-state index in [0.717, 1.165) is 6.07 Å². The molecule has 0 atom stereocenters. The Morgan fingerprint density at radius 2 is 2.06 bits per heavy atom. The summed E-state index contributed by atoms with van der Waals surface area (Å²) in [5, 5.41) is 12.4. The van der Waals surface area contributed by atoms with Crippen molar-refractivity contribution in [3.63, 3.8) is 0 Å². The van der Waals surface area contributed by atoms with Gasteiger partial charge in [-0.05, 0) is 18.2 Å². The minimum Gasteiger partial charge on any atom is -0.411 e. The molecule has 0 aliphatic heterocycles. The first-order valence-electron chi connectivity index (χ1n) is 4.19. The predicted octanol–water partition coefficient (Wildman–Crippen LogP) is 2.24. The van der Waals surface area contributed by atoms with Gasteiger partial charge in [0.25, 0.3) is 5.91 Å². The van der Waals surface area contributed by atoms with E-state index in [2.05, 4.69) is 5.16 Å². The van der Waals surface area contributed by atoms with Gasteiger partial charge in [-0.25, -0.2) is 4.39 Å². The van der Waals surface area contributed by atoms with E-state index < -0.39 is 23.5 Å². The van der Waals surface area contributed by atoms with Crippen molar-refractivity contribution in [2.75, 3.05) is 5.32 Å². The molecule has 2 N–H and O–H groups in total. The predicted molar refractivity (Wildman–Crippen MR) is 50.3 cm³/mol. The number of benzene rings is 1. The van der Waals surface area contributed by atoms with E-state index >= 15 is 0 Å². The molecule has 4 nitrogen and oxygen atoms in total. The summed E-state index contributed by atoms with van der Waals surface area (Å²) in [5.74, 6) is -2.38. The molecule has 0 fully saturated rings. The summed E-state index contributed by atoms with van der Waals surface area (Å²) in [6, 6.07) is 1.97. The van der Waals surface area contributed by atoms with Crippen LogP contribution in [0.25, 0.3) is 0 Å². The number of halogens is 4. The van der Waals surface area contributed by atoms with E-state index in [9.17, 15) is 22.4 Å². The smallest absolute Gasteiger partial charge is 0.411 e. The van der Waals surface area contributed by atoms with Gasteiger partial charge >= 0.3 is 6.18 Å². The quantitative estimate of drug-likeness (QED) is 0.366. The number of anilines is 1. The molecular weight excluding hydrogens is 244 g/mol. The van der Waals surface area contributed by atoms with Crippen LogP contribution in [0.5, 0.6) is 0 Å². The van der Waals surface area contributed by atoms with E-state index in [1.807, 2.05) is 5.32 Å². The lowest BCUT2D eigenvalue weighted by atomic mass is 10.2. The Labute approximate surface area is 92.5 Å². The number of carbonyl (C=O) groups is 1. The number of oxime groups is 1. The first-order chi connectivity index (χ1) is 7.84. The Morgan fingerprint density at radius 1 is 1.41 bits per heavy atom. The van der Waals surface area contributed by atoms with Crippen molar-refractivity contribution in [2.45, 2.75) is 6.18 Å². The van der Waals surface area contributed by atoms with Crippen molar-refractivity contribution in [3.05, 3.63) is 29.6 Å². The molecule has 0 saturated heterocycles. The molecule has 0 unspecified atom stereocenters. The molecule has 17 heavy (non-hydrogen) atoms. The number of nitrogens with one attached hydrogen (secondary N) is 1. The van der Waals surface area contributed by atoms with Crippen LogP contribution in [0.1, 0.15) is 5.56 Å². The molecule has 0 spiro atoms. The highest BCUT2D eigenvalue weighted by molar-refractivity contribution is 6.31. The molecule has 0 saturated carbocycles. The highest BCUT2D eigenvalue weighted by Gasteiger charge is 2.34. The van der Waals surface area contributed by atoms with E-state index in [4.69, 9.17) is 5.21 Å². The molecule has 8 heteroatoms. The van der Waals surface area contributed by atoms with Crippen molar-refractivity contribution < 1.29 is 27.6 Å². The fourth-order valence-electron chi connectivity index (χ4n) is 1.05. The van der Waals surface area contributed by atoms with Crippen molar-refractivity contribution in [2.24, 2.45) is 5.16 Å². The fourth-order valence-corrected chi connectivity index (χ4v) is 1.05. The van der Waals surface area contributed by atoms with Gasteiger partial charge in [-0.1, -0.05) is 5.16 Å². The van der Waals surface area contributed by atoms with E-state index in [1.165, 1.54) is 0 Å². The van der Waals surface area contributed by atoms with Gasteiger partial charge in [-0.15, -0.1) is 0 Å². The molecule has 0 aliphatic carbocycles. The fraction of sp³-hybridized carbons (Fsp3) is 0.111. The summed E-state index contributed by atoms with van der Waals surface area (Å²) in [6.07, 6.45) is -4.40. The van der Waals surface area contributed by atoms with Crippen LogP contribution in [0.3, 0.4) is 0 Å². The molecule has 0 aliphatic rings. The number of carbonyl (C=O) groups excluding carboxylic acids is 1. The van der Waals surface area contributed by atoms with Gasteiger partial charge in [0.05, 0.1) is 5.56 Å². The zero-order chi connectivity index (χ0) is 13.1. The van der Waals surface area contributed by atoms with Gasteiger partial charge in [0.1, 0.15) is 12.0 Å². The van der Waals surface area contributed by atoms with Crippen LogP contribution in [-0.4, -0.2) is 17.3 Å². The minimum absolute atomic E-state index is 0.261. The van der Waals surface area contributed by atoms with Crippen molar-refractivity contribution in [1.29, 1.82) is 0 Å². The standard InChI is InChI=1S/C9H6F4N2O2/c10-7-2-1-5(15-8(16)4-14-17)3-6(7)9(11,12)13/h1-4,17H,(H,15,16)/b14-4+. The Morgan fingerprint density at radius 3 is 2.59 bits per heavy atom. The maximum Gasteiger partial charge on any atom is 0.419 e. The number of hydrogen-bond acceptors (Lipinski definition) is 3. The molecule has 1 rings (SSSR count). The lowest BCUT2D eigenvalue weighted by Crippen LogP contribution is -2.14. The van der Waals surface area contributed by atoms with Crippen LogP contribution in [0, 0.1) is 5.82 Å². The summed E-state index contributed by atoms with van der Waals surface area (Å²) in [5.41, 5.74) is -1.75. The molecule has 0 radical (unpaired) electrons. The van der Waals surface area contributed by atoms with Gasteiger partial charge < -0.3 is 10.5 Å². The molecule has 0 aromatic heterocycles. The number of alkyl halides is 3. The largest absolute Gasteiger partial charge is 0.419 e. The molecule has 1 amide bonds. The SMILES string of the molecule is O=C(/C=N/O)Nc1ccc(F)c(C(F)(F)F)c1. The second-order valence-corrected chi connectivity index (χ2v) is 2.93. The Hall–Kier alpha value is -2.12. The maximum atomic E-state index is 12.9. The first-order valence-corrected chi connectivity index (χ1v) is 4.19. The van der Waals surface area contributed by atoms with E-state index in [1.54, 1.807) is 0 Å². The third kappa shape index (κ3) is 3.44. The van der Waals surface area contributed by atoms with Crippen LogP contribution in [0.4, 0.5) is 23.2 Å². The molecule has 0 bridgehead atoms. The van der Waals surface area contributed by atoms with Gasteiger partial charge in [0, 0.05) is 5.69 Å². The average Bonchev–Trinajstić information content (AvgIpc) is 2.19. The summed E-state index contributed by atoms with van der Waals surface area (Å²) >= 11 is 0. The summed E-state index contributed by atoms with van der Waals surface area (Å²) in [6.45, 7) is 0. The molecule has 1 aromatic rings. The summed E-state index contributed by atoms with van der Waals surface area (Å²) in [4.78, 5) is 10.9.